The highest BCUT2D eigenvalue weighted by Crippen LogP contribution is 2.06. The number of rotatable bonds is 4. The Morgan fingerprint density at radius 2 is 2.44 bits per heavy atom. The Balaban J connectivity index is 1.82. The molecule has 2 heterocycles. The van der Waals surface area contributed by atoms with Crippen LogP contribution in [0.5, 0.6) is 0 Å². The summed E-state index contributed by atoms with van der Waals surface area (Å²) in [7, 11) is 1.83. The molecule has 7 nitrogen and oxygen atoms in total. The number of nitrogens with one attached hydrogen (secondary N) is 2. The van der Waals surface area contributed by atoms with E-state index >= 15 is 0 Å². The molecule has 0 aliphatic heterocycles. The molecule has 0 fully saturated rings. The zero-order valence-electron chi connectivity index (χ0n) is 10.3. The number of amides is 2. The minimum absolute atomic E-state index is 0.207. The SMILES string of the molecule is CC(NC(=O)NCc1ccoc1)c1nncn1C. The summed E-state index contributed by atoms with van der Waals surface area (Å²) in [5.41, 5.74) is 0.913. The monoisotopic (exact) mass is 249 g/mol. The third kappa shape index (κ3) is 2.88. The molecule has 0 saturated heterocycles. The maximum absolute atomic E-state index is 11.6. The number of aryl methyl sites for hydroxylation is 1. The fourth-order valence-electron chi connectivity index (χ4n) is 1.57. The molecular weight excluding hydrogens is 234 g/mol. The Kier molecular flexibility index (Phi) is 3.61. The standard InChI is InChI=1S/C11H15N5O2/c1-8(10-15-13-7-16(10)2)14-11(17)12-5-9-3-4-18-6-9/h3-4,6-8H,5H2,1-2H3,(H2,12,14,17). The summed E-state index contributed by atoms with van der Waals surface area (Å²) in [5.74, 6) is 0.702. The van der Waals surface area contributed by atoms with E-state index in [0.717, 1.165) is 5.56 Å². The normalized spacial score (nSPS) is 12.1. The second-order valence-electron chi connectivity index (χ2n) is 3.98. The Hall–Kier alpha value is -2.31. The number of nitrogens with zero attached hydrogens (tertiary/aromatic N) is 3. The number of hydrogen-bond donors (Lipinski definition) is 2. The molecule has 0 aliphatic rings. The van der Waals surface area contributed by atoms with Crippen molar-refractivity contribution in [3.63, 3.8) is 0 Å². The average Bonchev–Trinajstić information content (AvgIpc) is 2.97. The van der Waals surface area contributed by atoms with Crippen LogP contribution in [0.3, 0.4) is 0 Å². The molecule has 2 aromatic heterocycles. The molecule has 1 unspecified atom stereocenters. The van der Waals surface area contributed by atoms with Crippen LogP contribution in [0.2, 0.25) is 0 Å². The highest BCUT2D eigenvalue weighted by atomic mass is 16.3. The number of carbonyl (C=O) groups excluding carboxylic acids is 1. The van der Waals surface area contributed by atoms with E-state index in [4.69, 9.17) is 4.42 Å². The fraction of sp³-hybridized carbons (Fsp3) is 0.364. The van der Waals surface area contributed by atoms with Gasteiger partial charge in [-0.05, 0) is 13.0 Å². The molecule has 0 aromatic carbocycles. The molecule has 96 valence electrons. The van der Waals surface area contributed by atoms with Crippen LogP contribution in [-0.2, 0) is 13.6 Å². The van der Waals surface area contributed by atoms with Crippen molar-refractivity contribution in [3.05, 3.63) is 36.3 Å². The predicted molar refractivity (Wildman–Crippen MR) is 63.5 cm³/mol. The summed E-state index contributed by atoms with van der Waals surface area (Å²) in [5, 5.41) is 13.2. The molecule has 2 N–H and O–H groups in total. The summed E-state index contributed by atoms with van der Waals surface area (Å²) < 4.78 is 6.67. The Morgan fingerprint density at radius 1 is 1.61 bits per heavy atom. The van der Waals surface area contributed by atoms with Gasteiger partial charge in [0.2, 0.25) is 0 Å². The van der Waals surface area contributed by atoms with Crippen molar-refractivity contribution in [3.8, 4) is 0 Å². The molecule has 0 radical (unpaired) electrons. The van der Waals surface area contributed by atoms with E-state index in [-0.39, 0.29) is 12.1 Å². The van der Waals surface area contributed by atoms with Crippen LogP contribution in [-0.4, -0.2) is 20.8 Å². The van der Waals surface area contributed by atoms with Gasteiger partial charge in [0.25, 0.3) is 0 Å². The van der Waals surface area contributed by atoms with Gasteiger partial charge in [0.1, 0.15) is 6.33 Å². The number of furan rings is 1. The molecule has 0 saturated carbocycles. The van der Waals surface area contributed by atoms with Crippen molar-refractivity contribution >= 4 is 6.03 Å². The van der Waals surface area contributed by atoms with Gasteiger partial charge in [-0.15, -0.1) is 10.2 Å². The van der Waals surface area contributed by atoms with E-state index < -0.39 is 0 Å². The highest BCUT2D eigenvalue weighted by molar-refractivity contribution is 5.74. The lowest BCUT2D eigenvalue weighted by atomic mass is 10.3. The number of urea groups is 1. The summed E-state index contributed by atoms with van der Waals surface area (Å²) in [4.78, 5) is 11.6. The number of aromatic nitrogens is 3. The van der Waals surface area contributed by atoms with Gasteiger partial charge in [0.15, 0.2) is 5.82 Å². The van der Waals surface area contributed by atoms with Crippen LogP contribution in [0.15, 0.2) is 29.3 Å². The molecule has 0 aliphatic carbocycles. The van der Waals surface area contributed by atoms with Gasteiger partial charge in [-0.2, -0.15) is 0 Å². The first-order chi connectivity index (χ1) is 8.66. The van der Waals surface area contributed by atoms with Crippen molar-refractivity contribution in [2.24, 2.45) is 7.05 Å². The molecule has 7 heteroatoms. The van der Waals surface area contributed by atoms with Crippen molar-refractivity contribution in [1.29, 1.82) is 0 Å². The molecule has 0 spiro atoms. The van der Waals surface area contributed by atoms with Gasteiger partial charge in [-0.25, -0.2) is 4.79 Å². The van der Waals surface area contributed by atoms with Crippen LogP contribution >= 0.6 is 0 Å². The molecule has 18 heavy (non-hydrogen) atoms. The Bertz CT molecular complexity index is 505. The van der Waals surface area contributed by atoms with Gasteiger partial charge in [-0.3, -0.25) is 0 Å². The topological polar surface area (TPSA) is 85.0 Å². The maximum Gasteiger partial charge on any atom is 0.315 e. The first kappa shape index (κ1) is 12.2. The second kappa shape index (κ2) is 5.35. The van der Waals surface area contributed by atoms with E-state index in [1.807, 2.05) is 14.0 Å². The Morgan fingerprint density at radius 3 is 3.06 bits per heavy atom. The average molecular weight is 249 g/mol. The smallest absolute Gasteiger partial charge is 0.315 e. The van der Waals surface area contributed by atoms with E-state index in [2.05, 4.69) is 20.8 Å². The van der Waals surface area contributed by atoms with Crippen molar-refractivity contribution in [2.75, 3.05) is 0 Å². The Labute approximate surface area is 104 Å². The summed E-state index contributed by atoms with van der Waals surface area (Å²) >= 11 is 0. The van der Waals surface area contributed by atoms with Crippen LogP contribution in [0.25, 0.3) is 0 Å². The van der Waals surface area contributed by atoms with E-state index in [1.54, 1.807) is 29.5 Å². The number of hydrogen-bond acceptors (Lipinski definition) is 4. The van der Waals surface area contributed by atoms with Gasteiger partial charge in [0.05, 0.1) is 18.6 Å². The van der Waals surface area contributed by atoms with Crippen molar-refractivity contribution in [1.82, 2.24) is 25.4 Å². The van der Waals surface area contributed by atoms with E-state index in [0.29, 0.717) is 12.4 Å². The largest absolute Gasteiger partial charge is 0.472 e. The van der Waals surface area contributed by atoms with Crippen molar-refractivity contribution < 1.29 is 9.21 Å². The minimum Gasteiger partial charge on any atom is -0.472 e. The molecule has 1 atom stereocenters. The molecular formula is C11H15N5O2. The fourth-order valence-corrected chi connectivity index (χ4v) is 1.57. The quantitative estimate of drug-likeness (QED) is 0.845. The lowest BCUT2D eigenvalue weighted by molar-refractivity contribution is 0.237. The first-order valence-electron chi connectivity index (χ1n) is 5.56. The zero-order valence-corrected chi connectivity index (χ0v) is 10.3. The predicted octanol–water partition coefficient (Wildman–Crippen LogP) is 0.969. The van der Waals surface area contributed by atoms with Crippen LogP contribution in [0.4, 0.5) is 4.79 Å². The molecule has 2 aromatic rings. The first-order valence-corrected chi connectivity index (χ1v) is 5.56. The summed E-state index contributed by atoms with van der Waals surface area (Å²) in [6.45, 7) is 2.27. The van der Waals surface area contributed by atoms with Crippen LogP contribution < -0.4 is 10.6 Å². The molecule has 2 amide bonds. The summed E-state index contributed by atoms with van der Waals surface area (Å²) in [6, 6.07) is 1.33. The van der Waals surface area contributed by atoms with Gasteiger partial charge < -0.3 is 19.6 Å². The van der Waals surface area contributed by atoms with E-state index in [1.165, 1.54) is 0 Å². The maximum atomic E-state index is 11.6. The highest BCUT2D eigenvalue weighted by Gasteiger charge is 2.13. The van der Waals surface area contributed by atoms with Gasteiger partial charge in [0, 0.05) is 19.2 Å². The molecule has 0 bridgehead atoms. The number of carbonyl (C=O) groups is 1. The lowest BCUT2D eigenvalue weighted by Crippen LogP contribution is -2.37. The van der Waals surface area contributed by atoms with E-state index in [9.17, 15) is 4.79 Å². The molecule has 2 rings (SSSR count). The zero-order chi connectivity index (χ0) is 13.0. The van der Waals surface area contributed by atoms with Gasteiger partial charge in [-0.1, -0.05) is 0 Å². The van der Waals surface area contributed by atoms with Crippen molar-refractivity contribution in [2.45, 2.75) is 19.5 Å². The van der Waals surface area contributed by atoms with Gasteiger partial charge >= 0.3 is 6.03 Å². The third-order valence-electron chi connectivity index (χ3n) is 2.51. The minimum atomic E-state index is -0.258. The van der Waals surface area contributed by atoms with Crippen LogP contribution in [0.1, 0.15) is 24.4 Å². The third-order valence-corrected chi connectivity index (χ3v) is 2.51. The van der Waals surface area contributed by atoms with Crippen LogP contribution in [0, 0.1) is 0 Å². The summed E-state index contributed by atoms with van der Waals surface area (Å²) in [6.07, 6.45) is 4.75. The second-order valence-corrected chi connectivity index (χ2v) is 3.98. The lowest BCUT2D eigenvalue weighted by Gasteiger charge is -2.13.